The van der Waals surface area contributed by atoms with Crippen molar-refractivity contribution in [3.63, 3.8) is 0 Å². The second-order valence-electron chi connectivity index (χ2n) is 6.49. The highest BCUT2D eigenvalue weighted by Gasteiger charge is 2.28. The smallest absolute Gasteiger partial charge is 0.314 e. The van der Waals surface area contributed by atoms with Crippen molar-refractivity contribution < 1.29 is 23.9 Å². The van der Waals surface area contributed by atoms with E-state index in [0.29, 0.717) is 11.3 Å². The van der Waals surface area contributed by atoms with Gasteiger partial charge in [-0.15, -0.1) is 0 Å². The highest BCUT2D eigenvalue weighted by Crippen LogP contribution is 2.28. The van der Waals surface area contributed by atoms with Gasteiger partial charge in [0.1, 0.15) is 5.75 Å². The molecule has 0 aromatic heterocycles. The number of imide groups is 1. The molecule has 0 bridgehead atoms. The van der Waals surface area contributed by atoms with Gasteiger partial charge < -0.3 is 9.47 Å². The Morgan fingerprint density at radius 1 is 1.00 bits per heavy atom. The van der Waals surface area contributed by atoms with Gasteiger partial charge in [-0.05, 0) is 35.7 Å². The van der Waals surface area contributed by atoms with E-state index in [2.05, 4.69) is 5.32 Å². The van der Waals surface area contributed by atoms with Gasteiger partial charge in [0.25, 0.3) is 11.8 Å². The van der Waals surface area contributed by atoms with Gasteiger partial charge in [0, 0.05) is 5.56 Å². The molecule has 2 aromatic carbocycles. The van der Waals surface area contributed by atoms with Crippen LogP contribution in [0, 0.1) is 5.92 Å². The maximum atomic E-state index is 12.6. The van der Waals surface area contributed by atoms with Crippen molar-refractivity contribution in [2.45, 2.75) is 26.2 Å². The van der Waals surface area contributed by atoms with Gasteiger partial charge in [0.15, 0.2) is 6.61 Å². The van der Waals surface area contributed by atoms with Crippen LogP contribution in [0.2, 0.25) is 0 Å². The molecule has 0 aliphatic rings. The fourth-order valence-corrected chi connectivity index (χ4v) is 2.80. The van der Waals surface area contributed by atoms with Crippen molar-refractivity contribution in [1.29, 1.82) is 0 Å². The molecule has 2 amide bonds. The number of methoxy groups -OCH3 is 1. The number of carbonyl (C=O) groups excluding carboxylic acids is 3. The van der Waals surface area contributed by atoms with E-state index in [9.17, 15) is 14.4 Å². The van der Waals surface area contributed by atoms with Crippen molar-refractivity contribution >= 4 is 17.8 Å². The van der Waals surface area contributed by atoms with Crippen LogP contribution in [0.4, 0.5) is 0 Å². The van der Waals surface area contributed by atoms with Crippen LogP contribution in [0.3, 0.4) is 0 Å². The lowest BCUT2D eigenvalue weighted by atomic mass is 9.86. The zero-order chi connectivity index (χ0) is 20.5. The second-order valence-corrected chi connectivity index (χ2v) is 6.49. The van der Waals surface area contributed by atoms with Crippen LogP contribution < -0.4 is 10.1 Å². The minimum atomic E-state index is -0.676. The van der Waals surface area contributed by atoms with Gasteiger partial charge in [-0.3, -0.25) is 19.7 Å². The van der Waals surface area contributed by atoms with Crippen LogP contribution >= 0.6 is 0 Å². The maximum Gasteiger partial charge on any atom is 0.314 e. The van der Waals surface area contributed by atoms with Crippen molar-refractivity contribution in [2.24, 2.45) is 5.92 Å². The Kier molecular flexibility index (Phi) is 7.75. The topological polar surface area (TPSA) is 81.7 Å². The minimum Gasteiger partial charge on any atom is -0.497 e. The largest absolute Gasteiger partial charge is 0.497 e. The molecule has 6 nitrogen and oxygen atoms in total. The number of esters is 1. The first kappa shape index (κ1) is 21.2. The lowest BCUT2D eigenvalue weighted by molar-refractivity contribution is -0.151. The summed E-state index contributed by atoms with van der Waals surface area (Å²) in [5.41, 5.74) is 1.15. The monoisotopic (exact) mass is 383 g/mol. The highest BCUT2D eigenvalue weighted by molar-refractivity contribution is 6.05. The molecule has 2 unspecified atom stereocenters. The molecule has 0 aliphatic carbocycles. The van der Waals surface area contributed by atoms with E-state index in [4.69, 9.17) is 9.47 Å². The average Bonchev–Trinajstić information content (AvgIpc) is 2.73. The average molecular weight is 383 g/mol. The Morgan fingerprint density at radius 3 is 2.21 bits per heavy atom. The third-order valence-electron chi connectivity index (χ3n) is 4.58. The molecule has 0 spiro atoms. The number of benzene rings is 2. The van der Waals surface area contributed by atoms with Crippen molar-refractivity contribution in [3.8, 4) is 5.75 Å². The van der Waals surface area contributed by atoms with Gasteiger partial charge in [-0.25, -0.2) is 0 Å². The molecule has 6 heteroatoms. The molecular weight excluding hydrogens is 358 g/mol. The van der Waals surface area contributed by atoms with Gasteiger partial charge in [0.2, 0.25) is 0 Å². The third-order valence-corrected chi connectivity index (χ3v) is 4.58. The van der Waals surface area contributed by atoms with E-state index in [1.54, 1.807) is 24.3 Å². The zero-order valence-electron chi connectivity index (χ0n) is 16.3. The molecule has 28 heavy (non-hydrogen) atoms. The lowest BCUT2D eigenvalue weighted by Crippen LogP contribution is -2.35. The number of hydrogen-bond donors (Lipinski definition) is 1. The number of rotatable bonds is 8. The summed E-state index contributed by atoms with van der Waals surface area (Å²) < 4.78 is 10.2. The van der Waals surface area contributed by atoms with E-state index in [1.165, 1.54) is 7.11 Å². The molecule has 0 saturated heterocycles. The molecule has 0 fully saturated rings. The molecule has 0 radical (unpaired) electrons. The predicted molar refractivity (Wildman–Crippen MR) is 105 cm³/mol. The fraction of sp³-hybridized carbons (Fsp3) is 0.318. The number of ether oxygens (including phenoxy) is 2. The van der Waals surface area contributed by atoms with Crippen LogP contribution in [-0.4, -0.2) is 31.5 Å². The summed E-state index contributed by atoms with van der Waals surface area (Å²) in [6.07, 6.45) is 0.789. The summed E-state index contributed by atoms with van der Waals surface area (Å²) in [6, 6.07) is 15.7. The molecule has 0 saturated carbocycles. The first-order valence-corrected chi connectivity index (χ1v) is 9.16. The Hall–Kier alpha value is -3.15. The molecule has 1 N–H and O–H groups in total. The van der Waals surface area contributed by atoms with E-state index in [-0.39, 0.29) is 5.92 Å². The summed E-state index contributed by atoms with van der Waals surface area (Å²) in [5, 5.41) is 2.22. The second kappa shape index (κ2) is 10.3. The van der Waals surface area contributed by atoms with Gasteiger partial charge in [-0.1, -0.05) is 50.6 Å². The quantitative estimate of drug-likeness (QED) is 0.707. The molecule has 0 heterocycles. The standard InChI is InChI=1S/C22H25NO5/c1-4-15(2)20(16-8-6-5-7-9-16)22(26)28-14-19(24)23-21(25)17-10-12-18(27-3)13-11-17/h5-13,15,20H,4,14H2,1-3H3,(H,23,24,25). The minimum absolute atomic E-state index is 0.0545. The summed E-state index contributed by atoms with van der Waals surface area (Å²) >= 11 is 0. The normalized spacial score (nSPS) is 12.5. The van der Waals surface area contributed by atoms with Crippen molar-refractivity contribution in [3.05, 3.63) is 65.7 Å². The highest BCUT2D eigenvalue weighted by atomic mass is 16.5. The van der Waals surface area contributed by atoms with Crippen LogP contribution in [0.15, 0.2) is 54.6 Å². The number of nitrogens with one attached hydrogen (secondary N) is 1. The number of hydrogen-bond acceptors (Lipinski definition) is 5. The molecule has 2 rings (SSSR count). The van der Waals surface area contributed by atoms with Crippen LogP contribution in [-0.2, 0) is 14.3 Å². The zero-order valence-corrected chi connectivity index (χ0v) is 16.3. The Balaban J connectivity index is 1.94. The van der Waals surface area contributed by atoms with Gasteiger partial charge in [-0.2, -0.15) is 0 Å². The molecule has 2 aromatic rings. The predicted octanol–water partition coefficient (Wildman–Crippen LogP) is 3.32. The number of carbonyl (C=O) groups is 3. The van der Waals surface area contributed by atoms with Gasteiger partial charge in [0.05, 0.1) is 13.0 Å². The summed E-state index contributed by atoms with van der Waals surface area (Å²) in [7, 11) is 1.52. The summed E-state index contributed by atoms with van der Waals surface area (Å²) in [6.45, 7) is 3.45. The molecule has 148 valence electrons. The first-order valence-electron chi connectivity index (χ1n) is 9.16. The fourth-order valence-electron chi connectivity index (χ4n) is 2.80. The summed E-state index contributed by atoms with van der Waals surface area (Å²) in [4.78, 5) is 36.7. The SMILES string of the molecule is CCC(C)C(C(=O)OCC(=O)NC(=O)c1ccc(OC)cc1)c1ccccc1. The van der Waals surface area contributed by atoms with E-state index < -0.39 is 30.3 Å². The molecular formula is C22H25NO5. The Labute approximate surface area is 164 Å². The van der Waals surface area contributed by atoms with Crippen LogP contribution in [0.25, 0.3) is 0 Å². The van der Waals surface area contributed by atoms with Crippen LogP contribution in [0.5, 0.6) is 5.75 Å². The summed E-state index contributed by atoms with van der Waals surface area (Å²) in [5.74, 6) is -1.52. The molecule has 0 aliphatic heterocycles. The third kappa shape index (κ3) is 5.67. The van der Waals surface area contributed by atoms with Crippen molar-refractivity contribution in [2.75, 3.05) is 13.7 Å². The van der Waals surface area contributed by atoms with E-state index in [0.717, 1.165) is 12.0 Å². The van der Waals surface area contributed by atoms with Gasteiger partial charge >= 0.3 is 5.97 Å². The lowest BCUT2D eigenvalue weighted by Gasteiger charge is -2.21. The maximum absolute atomic E-state index is 12.6. The van der Waals surface area contributed by atoms with Crippen molar-refractivity contribution in [1.82, 2.24) is 5.32 Å². The van der Waals surface area contributed by atoms with E-state index in [1.807, 2.05) is 44.2 Å². The Morgan fingerprint density at radius 2 is 1.64 bits per heavy atom. The van der Waals surface area contributed by atoms with E-state index >= 15 is 0 Å². The van der Waals surface area contributed by atoms with Crippen LogP contribution in [0.1, 0.15) is 42.1 Å². The number of amides is 2. The molecule has 2 atom stereocenters. The first-order chi connectivity index (χ1) is 13.5. The Bertz CT molecular complexity index is 801.